The van der Waals surface area contributed by atoms with Gasteiger partial charge < -0.3 is 5.32 Å². The van der Waals surface area contributed by atoms with Crippen LogP contribution in [-0.2, 0) is 13.0 Å². The number of aromatic nitrogens is 1. The van der Waals surface area contributed by atoms with Crippen molar-refractivity contribution < 1.29 is 13.2 Å². The van der Waals surface area contributed by atoms with E-state index in [-0.39, 0.29) is 5.56 Å². The number of nitrogens with zero attached hydrogens (tertiary/aromatic N) is 1. The summed E-state index contributed by atoms with van der Waals surface area (Å²) >= 11 is 1.37. The van der Waals surface area contributed by atoms with Gasteiger partial charge in [-0.15, -0.1) is 11.3 Å². The van der Waals surface area contributed by atoms with E-state index in [1.54, 1.807) is 0 Å². The fourth-order valence-corrected chi connectivity index (χ4v) is 3.02. The van der Waals surface area contributed by atoms with Crippen LogP contribution in [0.2, 0.25) is 0 Å². The van der Waals surface area contributed by atoms with Gasteiger partial charge in [-0.05, 0) is 25.6 Å². The zero-order valence-corrected chi connectivity index (χ0v) is 12.1. The Morgan fingerprint density at radius 3 is 2.40 bits per heavy atom. The molecule has 0 unspecified atom stereocenters. The van der Waals surface area contributed by atoms with Crippen LogP contribution in [0.15, 0.2) is 12.1 Å². The zero-order valence-electron chi connectivity index (χ0n) is 11.3. The Morgan fingerprint density at radius 2 is 1.85 bits per heavy atom. The first-order valence-corrected chi connectivity index (χ1v) is 7.16. The lowest BCUT2D eigenvalue weighted by molar-refractivity contribution is 0.447. The van der Waals surface area contributed by atoms with Gasteiger partial charge in [-0.25, -0.2) is 18.2 Å². The molecule has 1 heterocycles. The van der Waals surface area contributed by atoms with Crippen molar-refractivity contribution in [3.63, 3.8) is 0 Å². The number of aryl methyl sites for hydroxylation is 1. The molecule has 0 fully saturated rings. The summed E-state index contributed by atoms with van der Waals surface area (Å²) in [7, 11) is 1.83. The molecule has 2 aromatic rings. The summed E-state index contributed by atoms with van der Waals surface area (Å²) in [6.45, 7) is 2.69. The van der Waals surface area contributed by atoms with E-state index in [2.05, 4.69) is 10.3 Å². The molecule has 0 amide bonds. The highest BCUT2D eigenvalue weighted by Gasteiger charge is 2.16. The summed E-state index contributed by atoms with van der Waals surface area (Å²) in [5.41, 5.74) is 1.19. The lowest BCUT2D eigenvalue weighted by Crippen LogP contribution is -2.05. The van der Waals surface area contributed by atoms with Crippen molar-refractivity contribution >= 4 is 11.3 Å². The Morgan fingerprint density at radius 1 is 1.20 bits per heavy atom. The third kappa shape index (κ3) is 3.02. The summed E-state index contributed by atoms with van der Waals surface area (Å²) in [5, 5.41) is 3.55. The lowest BCUT2D eigenvalue weighted by Gasteiger charge is -1.99. The van der Waals surface area contributed by atoms with E-state index >= 15 is 0 Å². The maximum absolute atomic E-state index is 13.3. The van der Waals surface area contributed by atoms with Crippen LogP contribution in [0.3, 0.4) is 0 Å². The molecular formula is C14H15F3N2S. The smallest absolute Gasteiger partial charge is 0.194 e. The quantitative estimate of drug-likeness (QED) is 0.847. The molecule has 0 aliphatic carbocycles. The number of benzene rings is 1. The first-order valence-electron chi connectivity index (χ1n) is 6.34. The molecule has 1 N–H and O–H groups in total. The fourth-order valence-electron chi connectivity index (χ4n) is 1.92. The van der Waals surface area contributed by atoms with E-state index in [1.165, 1.54) is 11.3 Å². The van der Waals surface area contributed by atoms with Crippen molar-refractivity contribution in [2.45, 2.75) is 26.3 Å². The summed E-state index contributed by atoms with van der Waals surface area (Å²) in [4.78, 5) is 5.46. The van der Waals surface area contributed by atoms with Gasteiger partial charge in [0.15, 0.2) is 17.5 Å². The minimum atomic E-state index is -1.45. The Balaban J connectivity index is 2.44. The third-order valence-corrected chi connectivity index (χ3v) is 3.98. The highest BCUT2D eigenvalue weighted by atomic mass is 32.1. The van der Waals surface area contributed by atoms with Crippen LogP contribution in [0.5, 0.6) is 0 Å². The molecule has 0 aliphatic rings. The number of hydrogen-bond acceptors (Lipinski definition) is 3. The third-order valence-electron chi connectivity index (χ3n) is 2.83. The van der Waals surface area contributed by atoms with Gasteiger partial charge in [0.2, 0.25) is 0 Å². The molecule has 20 heavy (non-hydrogen) atoms. The van der Waals surface area contributed by atoms with Crippen LogP contribution in [0, 0.1) is 17.5 Å². The van der Waals surface area contributed by atoms with E-state index in [1.807, 2.05) is 14.0 Å². The van der Waals surface area contributed by atoms with Crippen LogP contribution < -0.4 is 5.32 Å². The number of hydrogen-bond donors (Lipinski definition) is 1. The predicted molar refractivity (Wildman–Crippen MR) is 74.2 cm³/mol. The van der Waals surface area contributed by atoms with E-state index in [0.717, 1.165) is 35.5 Å². The molecule has 2 nitrogen and oxygen atoms in total. The largest absolute Gasteiger partial charge is 0.315 e. The maximum atomic E-state index is 13.3. The minimum absolute atomic E-state index is 0.270. The molecule has 0 aliphatic heterocycles. The van der Waals surface area contributed by atoms with Gasteiger partial charge in [-0.2, -0.15) is 0 Å². The first kappa shape index (κ1) is 15.0. The van der Waals surface area contributed by atoms with Crippen molar-refractivity contribution in [3.05, 3.63) is 40.2 Å². The van der Waals surface area contributed by atoms with Crippen LogP contribution in [-0.4, -0.2) is 12.0 Å². The summed E-state index contributed by atoms with van der Waals surface area (Å²) < 4.78 is 39.5. The van der Waals surface area contributed by atoms with E-state index in [4.69, 9.17) is 0 Å². The van der Waals surface area contributed by atoms with Crippen LogP contribution in [0.1, 0.15) is 23.9 Å². The van der Waals surface area contributed by atoms with Gasteiger partial charge in [-0.1, -0.05) is 13.3 Å². The summed E-state index contributed by atoms with van der Waals surface area (Å²) in [6.07, 6.45) is 1.74. The fraction of sp³-hybridized carbons (Fsp3) is 0.357. The Labute approximate surface area is 119 Å². The molecule has 1 aromatic heterocycles. The summed E-state index contributed by atoms with van der Waals surface area (Å²) in [6, 6.07) is 1.96. The van der Waals surface area contributed by atoms with Crippen molar-refractivity contribution in [2.75, 3.05) is 7.05 Å². The number of nitrogens with one attached hydrogen (secondary N) is 1. The molecule has 0 bridgehead atoms. The highest BCUT2D eigenvalue weighted by Crippen LogP contribution is 2.30. The van der Waals surface area contributed by atoms with Crippen molar-refractivity contribution in [2.24, 2.45) is 0 Å². The highest BCUT2D eigenvalue weighted by molar-refractivity contribution is 7.15. The number of thiazole rings is 1. The Kier molecular flexibility index (Phi) is 4.77. The normalized spacial score (nSPS) is 11.1. The number of halogens is 3. The monoisotopic (exact) mass is 300 g/mol. The molecule has 1 aromatic carbocycles. The molecule has 0 radical (unpaired) electrons. The van der Waals surface area contributed by atoms with Gasteiger partial charge >= 0.3 is 0 Å². The van der Waals surface area contributed by atoms with Crippen molar-refractivity contribution in [1.29, 1.82) is 0 Å². The maximum Gasteiger partial charge on any atom is 0.194 e. The zero-order chi connectivity index (χ0) is 14.7. The van der Waals surface area contributed by atoms with Crippen LogP contribution in [0.4, 0.5) is 13.2 Å². The molecule has 2 rings (SSSR count). The topological polar surface area (TPSA) is 24.9 Å². The van der Waals surface area contributed by atoms with E-state index in [9.17, 15) is 13.2 Å². The molecule has 108 valence electrons. The molecule has 0 spiro atoms. The molecule has 0 saturated heterocycles. The van der Waals surface area contributed by atoms with E-state index in [0.29, 0.717) is 11.6 Å². The average molecular weight is 300 g/mol. The van der Waals surface area contributed by atoms with Crippen LogP contribution >= 0.6 is 11.3 Å². The minimum Gasteiger partial charge on any atom is -0.315 e. The predicted octanol–water partition coefficient (Wildman–Crippen LogP) is 3.90. The lowest BCUT2D eigenvalue weighted by atomic mass is 10.2. The van der Waals surface area contributed by atoms with Crippen molar-refractivity contribution in [3.8, 4) is 10.6 Å². The second kappa shape index (κ2) is 6.37. The van der Waals surface area contributed by atoms with Gasteiger partial charge in [-0.3, -0.25) is 0 Å². The van der Waals surface area contributed by atoms with Gasteiger partial charge in [0, 0.05) is 17.0 Å². The summed E-state index contributed by atoms with van der Waals surface area (Å²) in [5.74, 6) is -3.83. The standard InChI is InChI=1S/C14H15F3N2S/c1-3-4-11-12(7-18-2)20-14(19-11)8-5-9(15)13(17)10(16)6-8/h5-6,18H,3-4,7H2,1-2H3. The Hall–Kier alpha value is -1.40. The van der Waals surface area contributed by atoms with Gasteiger partial charge in [0.25, 0.3) is 0 Å². The van der Waals surface area contributed by atoms with E-state index < -0.39 is 17.5 Å². The molecular weight excluding hydrogens is 285 g/mol. The SMILES string of the molecule is CCCc1nc(-c2cc(F)c(F)c(F)c2)sc1CNC. The molecule has 0 saturated carbocycles. The molecule has 6 heteroatoms. The number of rotatable bonds is 5. The van der Waals surface area contributed by atoms with Crippen LogP contribution in [0.25, 0.3) is 10.6 Å². The Bertz CT molecular complexity index is 564. The molecule has 0 atom stereocenters. The van der Waals surface area contributed by atoms with Crippen molar-refractivity contribution in [1.82, 2.24) is 10.3 Å². The second-order valence-corrected chi connectivity index (χ2v) is 5.51. The van der Waals surface area contributed by atoms with Gasteiger partial charge in [0.1, 0.15) is 5.01 Å². The van der Waals surface area contributed by atoms with Gasteiger partial charge in [0.05, 0.1) is 5.69 Å². The first-order chi connectivity index (χ1) is 9.56. The second-order valence-electron chi connectivity index (χ2n) is 4.42. The average Bonchev–Trinajstić information content (AvgIpc) is 2.80.